The van der Waals surface area contributed by atoms with Crippen molar-refractivity contribution in [2.45, 2.75) is 91.4 Å². The molecule has 0 N–H and O–H groups in total. The summed E-state index contributed by atoms with van der Waals surface area (Å²) in [5.41, 5.74) is 1.12. The molecule has 4 fully saturated rings. The first-order chi connectivity index (χ1) is 11.5. The first-order valence-corrected chi connectivity index (χ1v) is 11.0. The van der Waals surface area contributed by atoms with Crippen LogP contribution in [0.1, 0.15) is 91.4 Å². The van der Waals surface area contributed by atoms with Crippen molar-refractivity contribution in [2.24, 2.45) is 46.3 Å². The first-order valence-electron chi connectivity index (χ1n) is 11.0. The van der Waals surface area contributed by atoms with E-state index in [-0.39, 0.29) is 0 Å². The number of hydrogen-bond donors (Lipinski definition) is 0. The van der Waals surface area contributed by atoms with Crippen LogP contribution in [0.15, 0.2) is 0 Å². The average molecular weight is 331 g/mol. The molecular weight excluding hydrogens is 292 g/mol. The average Bonchev–Trinajstić information content (AvgIpc) is 2.91. The normalized spacial score (nSPS) is 53.8. The molecule has 4 aliphatic rings. The van der Waals surface area contributed by atoms with Crippen molar-refractivity contribution in [2.75, 3.05) is 0 Å². The minimum Gasteiger partial charge on any atom is -0.303 e. The van der Waals surface area contributed by atoms with E-state index in [9.17, 15) is 4.79 Å². The van der Waals surface area contributed by atoms with Gasteiger partial charge in [0.05, 0.1) is 0 Å². The molecule has 4 rings (SSSR count). The summed E-state index contributed by atoms with van der Waals surface area (Å²) >= 11 is 0. The Kier molecular flexibility index (Phi) is 4.37. The molecule has 4 saturated carbocycles. The highest BCUT2D eigenvalue weighted by molar-refractivity contribution is 5.50. The molecule has 0 aromatic carbocycles. The van der Waals surface area contributed by atoms with Crippen molar-refractivity contribution < 1.29 is 4.79 Å². The molecule has 1 heteroatoms. The van der Waals surface area contributed by atoms with Gasteiger partial charge in [0.15, 0.2) is 0 Å². The molecule has 24 heavy (non-hydrogen) atoms. The fourth-order valence-corrected chi connectivity index (χ4v) is 8.33. The summed E-state index contributed by atoms with van der Waals surface area (Å²) in [4.78, 5) is 11.2. The Labute approximate surface area is 149 Å². The highest BCUT2D eigenvalue weighted by Crippen LogP contribution is 2.68. The lowest BCUT2D eigenvalue weighted by atomic mass is 9.44. The molecule has 0 aromatic rings. The van der Waals surface area contributed by atoms with Crippen LogP contribution in [-0.2, 0) is 4.79 Å². The van der Waals surface area contributed by atoms with E-state index in [1.54, 1.807) is 0 Å². The molecule has 0 spiro atoms. The van der Waals surface area contributed by atoms with Gasteiger partial charge < -0.3 is 4.79 Å². The van der Waals surface area contributed by atoms with Crippen LogP contribution in [0.4, 0.5) is 0 Å². The van der Waals surface area contributed by atoms with Crippen molar-refractivity contribution in [3.05, 3.63) is 0 Å². The Hall–Kier alpha value is -0.330. The summed E-state index contributed by atoms with van der Waals surface area (Å²) in [6.45, 7) is 7.63. The van der Waals surface area contributed by atoms with Gasteiger partial charge in [0.1, 0.15) is 6.29 Å². The third kappa shape index (κ3) is 2.36. The van der Waals surface area contributed by atoms with Crippen LogP contribution in [0.3, 0.4) is 0 Å². The van der Waals surface area contributed by atoms with E-state index in [1.807, 2.05) is 0 Å². The highest BCUT2D eigenvalue weighted by Gasteiger charge is 2.59. The number of hydrogen-bond acceptors (Lipinski definition) is 1. The third-order valence-corrected chi connectivity index (χ3v) is 9.93. The Morgan fingerprint density at radius 2 is 1.67 bits per heavy atom. The van der Waals surface area contributed by atoms with E-state index in [0.717, 1.165) is 36.0 Å². The van der Waals surface area contributed by atoms with Crippen LogP contribution in [0.25, 0.3) is 0 Å². The molecule has 0 amide bonds. The number of carbonyl (C=O) groups excluding carboxylic acids is 1. The van der Waals surface area contributed by atoms with Crippen molar-refractivity contribution in [3.63, 3.8) is 0 Å². The van der Waals surface area contributed by atoms with Gasteiger partial charge in [0, 0.05) is 6.42 Å². The van der Waals surface area contributed by atoms with E-state index >= 15 is 0 Å². The topological polar surface area (TPSA) is 17.1 Å². The SMILES string of the molecule is CC[C@H]1CC[C@@]2(C)C(CC[C@@H]3C2CC[C@]2(C)C(CC=O)CCC32)C1. The fraction of sp³-hybridized carbons (Fsp3) is 0.957. The van der Waals surface area contributed by atoms with Gasteiger partial charge >= 0.3 is 0 Å². The third-order valence-electron chi connectivity index (χ3n) is 9.93. The lowest BCUT2D eigenvalue weighted by molar-refractivity contribution is -0.122. The van der Waals surface area contributed by atoms with E-state index in [4.69, 9.17) is 0 Å². The zero-order valence-electron chi connectivity index (χ0n) is 16.2. The lowest BCUT2D eigenvalue weighted by Gasteiger charge is -2.61. The summed E-state index contributed by atoms with van der Waals surface area (Å²) < 4.78 is 0. The molecule has 0 aliphatic heterocycles. The van der Waals surface area contributed by atoms with Crippen LogP contribution >= 0.6 is 0 Å². The molecule has 1 nitrogen and oxygen atoms in total. The summed E-state index contributed by atoms with van der Waals surface area (Å²) in [5, 5.41) is 0. The van der Waals surface area contributed by atoms with Gasteiger partial charge in [-0.2, -0.15) is 0 Å². The Morgan fingerprint density at radius 1 is 0.917 bits per heavy atom. The van der Waals surface area contributed by atoms with Crippen molar-refractivity contribution >= 4 is 6.29 Å². The Balaban J connectivity index is 1.56. The van der Waals surface area contributed by atoms with E-state index < -0.39 is 0 Å². The minimum atomic E-state index is 0.478. The summed E-state index contributed by atoms with van der Waals surface area (Å²) in [5.74, 6) is 5.58. The molecule has 0 saturated heterocycles. The number of rotatable bonds is 3. The van der Waals surface area contributed by atoms with Crippen molar-refractivity contribution in [3.8, 4) is 0 Å². The van der Waals surface area contributed by atoms with Crippen molar-refractivity contribution in [1.82, 2.24) is 0 Å². The maximum atomic E-state index is 11.2. The summed E-state index contributed by atoms with van der Waals surface area (Å²) in [7, 11) is 0. The van der Waals surface area contributed by atoms with Crippen LogP contribution in [-0.4, -0.2) is 6.29 Å². The van der Waals surface area contributed by atoms with Gasteiger partial charge in [-0.1, -0.05) is 27.2 Å². The minimum absolute atomic E-state index is 0.478. The number of fused-ring (bicyclic) bond motifs is 5. The van der Waals surface area contributed by atoms with Crippen LogP contribution in [0.5, 0.6) is 0 Å². The van der Waals surface area contributed by atoms with Crippen molar-refractivity contribution in [1.29, 1.82) is 0 Å². The van der Waals surface area contributed by atoms with Gasteiger partial charge in [0.25, 0.3) is 0 Å². The Bertz CT molecular complexity index is 484. The smallest absolute Gasteiger partial charge is 0.120 e. The lowest BCUT2D eigenvalue weighted by Crippen LogP contribution is -2.53. The largest absolute Gasteiger partial charge is 0.303 e. The zero-order chi connectivity index (χ0) is 16.9. The maximum Gasteiger partial charge on any atom is 0.120 e. The molecule has 0 aromatic heterocycles. The number of carbonyl (C=O) groups is 1. The van der Waals surface area contributed by atoms with Gasteiger partial charge in [-0.15, -0.1) is 0 Å². The van der Waals surface area contributed by atoms with E-state index in [2.05, 4.69) is 20.8 Å². The van der Waals surface area contributed by atoms with Crippen LogP contribution in [0.2, 0.25) is 0 Å². The molecule has 0 heterocycles. The summed E-state index contributed by atoms with van der Waals surface area (Å²) in [6.07, 6.45) is 16.5. The quantitative estimate of drug-likeness (QED) is 0.558. The van der Waals surface area contributed by atoms with Crippen LogP contribution < -0.4 is 0 Å². The molecule has 8 atom stereocenters. The maximum absolute atomic E-state index is 11.2. The predicted molar refractivity (Wildman–Crippen MR) is 99.7 cm³/mol. The zero-order valence-corrected chi connectivity index (χ0v) is 16.2. The fourth-order valence-electron chi connectivity index (χ4n) is 8.33. The molecular formula is C23H38O. The highest BCUT2D eigenvalue weighted by atomic mass is 16.1. The van der Waals surface area contributed by atoms with Gasteiger partial charge in [-0.05, 0) is 104 Å². The number of aldehydes is 1. The molecule has 0 radical (unpaired) electrons. The van der Waals surface area contributed by atoms with Gasteiger partial charge in [0.2, 0.25) is 0 Å². The van der Waals surface area contributed by atoms with E-state index in [1.165, 1.54) is 70.5 Å². The predicted octanol–water partition coefficient (Wildman–Crippen LogP) is 6.26. The standard InChI is InChI=1S/C23H38O/c1-4-16-9-12-23(3)18(15-16)5-7-19-20-8-6-17(11-14-24)22(20,2)13-10-21(19)23/h14,16-21H,4-13,15H2,1-3H3/t16-,17?,18?,19-,20?,21?,22+,23-/m0/s1. The molecule has 136 valence electrons. The Morgan fingerprint density at radius 3 is 2.42 bits per heavy atom. The van der Waals surface area contributed by atoms with Gasteiger partial charge in [-0.25, -0.2) is 0 Å². The monoisotopic (exact) mass is 330 g/mol. The van der Waals surface area contributed by atoms with Crippen LogP contribution in [0, 0.1) is 46.3 Å². The summed E-state index contributed by atoms with van der Waals surface area (Å²) in [6, 6.07) is 0. The second-order valence-corrected chi connectivity index (χ2v) is 10.4. The second-order valence-electron chi connectivity index (χ2n) is 10.4. The van der Waals surface area contributed by atoms with Gasteiger partial charge in [-0.3, -0.25) is 0 Å². The van der Waals surface area contributed by atoms with E-state index in [0.29, 0.717) is 16.7 Å². The molecule has 4 unspecified atom stereocenters. The first kappa shape index (κ1) is 17.1. The molecule has 4 aliphatic carbocycles. The second kappa shape index (κ2) is 6.13. The molecule has 0 bridgehead atoms.